The van der Waals surface area contributed by atoms with E-state index in [1.165, 1.54) is 6.07 Å². The summed E-state index contributed by atoms with van der Waals surface area (Å²) in [6.07, 6.45) is -0.446. The van der Waals surface area contributed by atoms with E-state index >= 15 is 0 Å². The summed E-state index contributed by atoms with van der Waals surface area (Å²) >= 11 is 12.2. The van der Waals surface area contributed by atoms with E-state index in [0.717, 1.165) is 16.9 Å². The molecule has 0 aromatic heterocycles. The van der Waals surface area contributed by atoms with Gasteiger partial charge in [-0.3, -0.25) is 9.69 Å². The quantitative estimate of drug-likeness (QED) is 0.313. The summed E-state index contributed by atoms with van der Waals surface area (Å²) in [6.45, 7) is 0.00922. The highest BCUT2D eigenvalue weighted by atomic mass is 35.5. The Kier molecular flexibility index (Phi) is 6.14. The molecular formula is C27H19Cl2FN2O2. The van der Waals surface area contributed by atoms with Gasteiger partial charge in [0.1, 0.15) is 24.3 Å². The number of nitrogens with one attached hydrogen (secondary N) is 1. The number of rotatable bonds is 5. The second kappa shape index (κ2) is 9.37. The molecule has 4 aromatic rings. The molecule has 1 heterocycles. The van der Waals surface area contributed by atoms with Gasteiger partial charge in [0.15, 0.2) is 0 Å². The van der Waals surface area contributed by atoms with Gasteiger partial charge in [-0.2, -0.15) is 0 Å². The number of para-hydroxylation sites is 1. The third-order valence-corrected chi connectivity index (χ3v) is 6.28. The van der Waals surface area contributed by atoms with Crippen molar-refractivity contribution in [1.82, 2.24) is 0 Å². The first kappa shape index (κ1) is 22.3. The van der Waals surface area contributed by atoms with Crippen LogP contribution in [0.3, 0.4) is 0 Å². The maximum atomic E-state index is 14.0. The van der Waals surface area contributed by atoms with Crippen molar-refractivity contribution in [2.24, 2.45) is 0 Å². The molecular weight excluding hydrogens is 474 g/mol. The molecule has 0 aliphatic carbocycles. The van der Waals surface area contributed by atoms with Crippen LogP contribution < -0.4 is 15.0 Å². The van der Waals surface area contributed by atoms with E-state index in [-0.39, 0.29) is 12.5 Å². The number of halogens is 3. The lowest BCUT2D eigenvalue weighted by atomic mass is 10.0. The number of hydrogen-bond acceptors (Lipinski definition) is 3. The van der Waals surface area contributed by atoms with Crippen molar-refractivity contribution in [2.75, 3.05) is 10.2 Å². The number of carbonyl (C=O) groups excluding carboxylic acids is 1. The Bertz CT molecular complexity index is 1320. The number of carbonyl (C=O) groups is 1. The number of hydrogen-bond donors (Lipinski definition) is 1. The Labute approximate surface area is 206 Å². The van der Waals surface area contributed by atoms with E-state index in [4.69, 9.17) is 27.9 Å². The molecule has 1 amide bonds. The van der Waals surface area contributed by atoms with Crippen molar-refractivity contribution in [3.63, 3.8) is 0 Å². The topological polar surface area (TPSA) is 41.6 Å². The van der Waals surface area contributed by atoms with Crippen molar-refractivity contribution >= 4 is 40.5 Å². The maximum Gasteiger partial charge on any atom is 0.262 e. The molecule has 0 saturated carbocycles. The molecule has 1 aliphatic heterocycles. The highest BCUT2D eigenvalue weighted by Gasteiger charge is 2.34. The zero-order valence-corrected chi connectivity index (χ0v) is 19.4. The average molecular weight is 493 g/mol. The molecule has 4 nitrogen and oxygen atoms in total. The molecule has 0 unspecified atom stereocenters. The molecule has 7 heteroatoms. The lowest BCUT2D eigenvalue weighted by Crippen LogP contribution is -2.43. The summed E-state index contributed by atoms with van der Waals surface area (Å²) in [5.74, 6) is 0.0335. The Balaban J connectivity index is 1.43. The predicted molar refractivity (Wildman–Crippen MR) is 133 cm³/mol. The minimum atomic E-state index is -0.446. The summed E-state index contributed by atoms with van der Waals surface area (Å²) < 4.78 is 19.8. The smallest absolute Gasteiger partial charge is 0.262 e. The third-order valence-electron chi connectivity index (χ3n) is 5.67. The van der Waals surface area contributed by atoms with Crippen LogP contribution in [-0.2, 0) is 6.61 Å². The van der Waals surface area contributed by atoms with Crippen LogP contribution >= 0.6 is 23.2 Å². The second-order valence-corrected chi connectivity index (χ2v) is 8.65. The lowest BCUT2D eigenvalue weighted by Gasteiger charge is -2.38. The second-order valence-electron chi connectivity index (χ2n) is 7.80. The largest absolute Gasteiger partial charge is 0.489 e. The number of anilines is 2. The number of ether oxygens (including phenoxy) is 1. The molecule has 0 spiro atoms. The Morgan fingerprint density at radius 3 is 2.35 bits per heavy atom. The first-order chi connectivity index (χ1) is 16.5. The molecule has 1 atom stereocenters. The van der Waals surface area contributed by atoms with Gasteiger partial charge >= 0.3 is 0 Å². The van der Waals surface area contributed by atoms with Gasteiger partial charge in [-0.1, -0.05) is 53.5 Å². The molecule has 4 aromatic carbocycles. The van der Waals surface area contributed by atoms with Gasteiger partial charge in [0.05, 0.1) is 10.6 Å². The Morgan fingerprint density at radius 2 is 1.62 bits per heavy atom. The van der Waals surface area contributed by atoms with Crippen LogP contribution in [0.5, 0.6) is 5.75 Å². The molecule has 0 fully saturated rings. The van der Waals surface area contributed by atoms with Gasteiger partial charge in [-0.25, -0.2) is 4.39 Å². The molecule has 5 rings (SSSR count). The van der Waals surface area contributed by atoms with Crippen LogP contribution in [0.25, 0.3) is 0 Å². The first-order valence-corrected chi connectivity index (χ1v) is 11.4. The fourth-order valence-electron chi connectivity index (χ4n) is 3.93. The number of nitrogens with zero attached hydrogens (tertiary/aromatic N) is 1. The van der Waals surface area contributed by atoms with E-state index in [1.54, 1.807) is 47.4 Å². The Morgan fingerprint density at radius 1 is 0.882 bits per heavy atom. The summed E-state index contributed by atoms with van der Waals surface area (Å²) in [5, 5.41) is 4.37. The van der Waals surface area contributed by atoms with E-state index in [1.807, 2.05) is 42.5 Å². The SMILES string of the molecule is O=C1c2ccccc2N[C@H](c2ccc(OCc3c(F)cccc3Cl)cc2)N1c1ccc(Cl)cc1. The molecule has 1 aliphatic rings. The average Bonchev–Trinajstić information content (AvgIpc) is 2.85. The van der Waals surface area contributed by atoms with Crippen LogP contribution in [0.2, 0.25) is 10.0 Å². The fraction of sp³-hybridized carbons (Fsp3) is 0.0741. The van der Waals surface area contributed by atoms with E-state index in [9.17, 15) is 9.18 Å². The number of amides is 1. The van der Waals surface area contributed by atoms with Crippen LogP contribution in [0.4, 0.5) is 15.8 Å². The van der Waals surface area contributed by atoms with E-state index in [2.05, 4.69) is 5.32 Å². The van der Waals surface area contributed by atoms with Gasteiger partial charge in [0, 0.05) is 22.0 Å². The maximum absolute atomic E-state index is 14.0. The standard InChI is InChI=1S/C27H19Cl2FN2O2/c28-18-10-12-19(13-11-18)32-26(31-25-7-2-1-4-21(25)27(32)33)17-8-14-20(15-9-17)34-16-22-23(29)5-3-6-24(22)30/h1-15,26,31H,16H2/t26-/m0/s1. The summed E-state index contributed by atoms with van der Waals surface area (Å²) in [6, 6.07) is 26.4. The van der Waals surface area contributed by atoms with Crippen molar-refractivity contribution in [1.29, 1.82) is 0 Å². The minimum absolute atomic E-state index is 0.00922. The van der Waals surface area contributed by atoms with Gasteiger partial charge in [-0.05, 0) is 66.2 Å². The normalized spacial score (nSPS) is 15.0. The zero-order chi connectivity index (χ0) is 23.7. The van der Waals surface area contributed by atoms with Crippen molar-refractivity contribution in [3.8, 4) is 5.75 Å². The van der Waals surface area contributed by atoms with Crippen LogP contribution in [0, 0.1) is 5.82 Å². The fourth-order valence-corrected chi connectivity index (χ4v) is 4.27. The van der Waals surface area contributed by atoms with E-state index < -0.39 is 12.0 Å². The highest BCUT2D eigenvalue weighted by Crippen LogP contribution is 2.37. The van der Waals surface area contributed by atoms with Crippen LogP contribution in [0.15, 0.2) is 91.0 Å². The molecule has 0 radical (unpaired) electrons. The van der Waals surface area contributed by atoms with Crippen molar-refractivity contribution in [2.45, 2.75) is 12.8 Å². The molecule has 0 bridgehead atoms. The lowest BCUT2D eigenvalue weighted by molar-refractivity contribution is 0.0975. The first-order valence-electron chi connectivity index (χ1n) is 10.6. The molecule has 34 heavy (non-hydrogen) atoms. The summed E-state index contributed by atoms with van der Waals surface area (Å²) in [4.78, 5) is 15.2. The minimum Gasteiger partial charge on any atom is -0.489 e. The molecule has 170 valence electrons. The highest BCUT2D eigenvalue weighted by molar-refractivity contribution is 6.31. The zero-order valence-electron chi connectivity index (χ0n) is 17.8. The van der Waals surface area contributed by atoms with Gasteiger partial charge in [-0.15, -0.1) is 0 Å². The van der Waals surface area contributed by atoms with Gasteiger partial charge in [0.25, 0.3) is 5.91 Å². The number of benzene rings is 4. The van der Waals surface area contributed by atoms with Crippen LogP contribution in [-0.4, -0.2) is 5.91 Å². The van der Waals surface area contributed by atoms with Crippen LogP contribution in [0.1, 0.15) is 27.7 Å². The summed E-state index contributed by atoms with van der Waals surface area (Å²) in [5.41, 5.74) is 3.23. The summed E-state index contributed by atoms with van der Waals surface area (Å²) in [7, 11) is 0. The van der Waals surface area contributed by atoms with E-state index in [0.29, 0.717) is 26.9 Å². The van der Waals surface area contributed by atoms with Gasteiger partial charge < -0.3 is 10.1 Å². The number of fused-ring (bicyclic) bond motifs is 1. The predicted octanol–water partition coefficient (Wildman–Crippen LogP) is 7.48. The third kappa shape index (κ3) is 4.32. The van der Waals surface area contributed by atoms with Crippen molar-refractivity contribution in [3.05, 3.63) is 124 Å². The monoisotopic (exact) mass is 492 g/mol. The molecule has 0 saturated heterocycles. The van der Waals surface area contributed by atoms with Crippen molar-refractivity contribution < 1.29 is 13.9 Å². The molecule has 1 N–H and O–H groups in total. The Hall–Kier alpha value is -3.54. The van der Waals surface area contributed by atoms with Gasteiger partial charge in [0.2, 0.25) is 0 Å².